The smallest absolute Gasteiger partial charge is 0.247 e. The van der Waals surface area contributed by atoms with E-state index in [1.54, 1.807) is 7.11 Å². The molecule has 2 aliphatic heterocycles. The summed E-state index contributed by atoms with van der Waals surface area (Å²) in [4.78, 5) is 31.5. The number of rotatable bonds is 9. The number of methoxy groups -OCH3 is 1. The fourth-order valence-electron chi connectivity index (χ4n) is 4.53. The number of nitrogens with zero attached hydrogens (tertiary/aromatic N) is 3. The van der Waals surface area contributed by atoms with Gasteiger partial charge in [-0.05, 0) is 50.4 Å². The molecule has 0 radical (unpaired) electrons. The lowest BCUT2D eigenvalue weighted by molar-refractivity contribution is -0.139. The number of carbonyl (C=O) groups is 2. The van der Waals surface area contributed by atoms with Crippen LogP contribution in [0.1, 0.15) is 26.2 Å². The van der Waals surface area contributed by atoms with Gasteiger partial charge < -0.3 is 15.0 Å². The third-order valence-electron chi connectivity index (χ3n) is 6.67. The number of piperazine rings is 1. The predicted octanol–water partition coefficient (Wildman–Crippen LogP) is 2.00. The zero-order chi connectivity index (χ0) is 21.1. The Morgan fingerprint density at radius 3 is 2.42 bits per heavy atom. The third kappa shape index (κ3) is 5.51. The van der Waals surface area contributed by atoms with Crippen LogP contribution in [0, 0.1) is 11.8 Å². The number of halogens is 1. The van der Waals surface area contributed by atoms with Crippen molar-refractivity contribution in [2.24, 2.45) is 11.8 Å². The highest BCUT2D eigenvalue weighted by atomic mass is 35.5. The number of hydrogen-bond acceptors (Lipinski definition) is 6. The van der Waals surface area contributed by atoms with E-state index in [1.807, 2.05) is 25.1 Å². The van der Waals surface area contributed by atoms with Gasteiger partial charge in [0.1, 0.15) is 5.75 Å². The molecule has 1 N–H and O–H groups in total. The lowest BCUT2D eigenvalue weighted by atomic mass is 10.1. The van der Waals surface area contributed by atoms with E-state index < -0.39 is 0 Å². The highest BCUT2D eigenvalue weighted by molar-refractivity contribution is 6.06. The van der Waals surface area contributed by atoms with Gasteiger partial charge in [-0.15, -0.1) is 12.4 Å². The molecule has 8 heteroatoms. The molecule has 172 valence electrons. The molecule has 1 saturated carbocycles. The molecule has 0 aromatic heterocycles. The third-order valence-corrected chi connectivity index (χ3v) is 6.67. The zero-order valence-corrected chi connectivity index (χ0v) is 19.4. The van der Waals surface area contributed by atoms with Crippen LogP contribution >= 0.6 is 12.4 Å². The second-order valence-electron chi connectivity index (χ2n) is 8.80. The molecule has 7 nitrogen and oxygen atoms in total. The van der Waals surface area contributed by atoms with E-state index >= 15 is 0 Å². The summed E-state index contributed by atoms with van der Waals surface area (Å²) in [6, 6.07) is 7.81. The fraction of sp³-hybridized carbons (Fsp3) is 0.652. The van der Waals surface area contributed by atoms with Gasteiger partial charge in [0.15, 0.2) is 0 Å². The first-order chi connectivity index (χ1) is 14.6. The molecule has 1 aromatic rings. The molecular weight excluding hydrogens is 416 g/mol. The summed E-state index contributed by atoms with van der Waals surface area (Å²) in [5.74, 6) is 1.31. The number of benzene rings is 1. The minimum Gasteiger partial charge on any atom is -0.495 e. The Bertz CT molecular complexity index is 765. The molecule has 1 aliphatic carbocycles. The molecule has 2 atom stereocenters. The van der Waals surface area contributed by atoms with Gasteiger partial charge in [-0.1, -0.05) is 19.1 Å². The lowest BCUT2D eigenvalue weighted by Crippen LogP contribution is -2.47. The Morgan fingerprint density at radius 1 is 1.03 bits per heavy atom. The highest BCUT2D eigenvalue weighted by Crippen LogP contribution is 2.30. The first-order valence-corrected chi connectivity index (χ1v) is 11.3. The molecule has 2 saturated heterocycles. The van der Waals surface area contributed by atoms with Crippen LogP contribution in [0.2, 0.25) is 0 Å². The van der Waals surface area contributed by atoms with E-state index in [-0.39, 0.29) is 36.2 Å². The molecule has 2 unspecified atom stereocenters. The molecule has 4 rings (SSSR count). The van der Waals surface area contributed by atoms with Crippen LogP contribution < -0.4 is 15.0 Å². The van der Waals surface area contributed by atoms with Gasteiger partial charge >= 0.3 is 0 Å². The summed E-state index contributed by atoms with van der Waals surface area (Å²) in [6.07, 6.45) is 3.31. The van der Waals surface area contributed by atoms with Crippen LogP contribution in [-0.2, 0) is 9.59 Å². The number of ether oxygens (including phenoxy) is 1. The van der Waals surface area contributed by atoms with Crippen molar-refractivity contribution >= 4 is 29.9 Å². The summed E-state index contributed by atoms with van der Waals surface area (Å²) in [6.45, 7) is 8.02. The van der Waals surface area contributed by atoms with Gasteiger partial charge in [0.05, 0.1) is 24.8 Å². The van der Waals surface area contributed by atoms with Crippen LogP contribution in [0.3, 0.4) is 0 Å². The largest absolute Gasteiger partial charge is 0.495 e. The van der Waals surface area contributed by atoms with Crippen molar-refractivity contribution in [2.75, 3.05) is 57.8 Å². The van der Waals surface area contributed by atoms with Crippen molar-refractivity contribution in [2.45, 2.75) is 32.2 Å². The Balaban J connectivity index is 0.00000272. The van der Waals surface area contributed by atoms with Crippen molar-refractivity contribution in [3.05, 3.63) is 24.3 Å². The van der Waals surface area contributed by atoms with Crippen molar-refractivity contribution in [1.29, 1.82) is 0 Å². The average molecular weight is 451 g/mol. The SMILES string of the molecule is COc1ccccc1N1CCN(CCCN2C(=O)C(C)C(NCC3CC3)C2=O)CC1.Cl. The van der Waals surface area contributed by atoms with Gasteiger partial charge in [0.25, 0.3) is 0 Å². The summed E-state index contributed by atoms with van der Waals surface area (Å²) in [7, 11) is 1.71. The van der Waals surface area contributed by atoms with E-state index in [2.05, 4.69) is 21.2 Å². The number of para-hydroxylation sites is 2. The van der Waals surface area contributed by atoms with Crippen molar-refractivity contribution in [3.63, 3.8) is 0 Å². The van der Waals surface area contributed by atoms with Crippen LogP contribution in [0.15, 0.2) is 24.3 Å². The van der Waals surface area contributed by atoms with Crippen LogP contribution in [0.5, 0.6) is 5.75 Å². The maximum absolute atomic E-state index is 12.7. The molecule has 3 aliphatic rings. The standard InChI is InChI=1S/C23H34N4O3.ClH/c1-17-21(24-16-18-8-9-18)23(29)27(22(17)28)11-5-10-25-12-14-26(15-13-25)19-6-3-4-7-20(19)30-2;/h3-4,6-7,17-18,21,24H,5,8-16H2,1-2H3;1H. The van der Waals surface area contributed by atoms with Gasteiger partial charge in [0.2, 0.25) is 11.8 Å². The predicted molar refractivity (Wildman–Crippen MR) is 124 cm³/mol. The second kappa shape index (κ2) is 10.7. The van der Waals surface area contributed by atoms with Crippen LogP contribution in [0.25, 0.3) is 0 Å². The van der Waals surface area contributed by atoms with Gasteiger partial charge in [0, 0.05) is 32.7 Å². The van der Waals surface area contributed by atoms with E-state index in [1.165, 1.54) is 17.7 Å². The van der Waals surface area contributed by atoms with Crippen molar-refractivity contribution in [1.82, 2.24) is 15.1 Å². The molecular formula is C23H35ClN4O3. The Morgan fingerprint density at radius 2 is 1.74 bits per heavy atom. The summed E-state index contributed by atoms with van der Waals surface area (Å²) in [5.41, 5.74) is 1.15. The first-order valence-electron chi connectivity index (χ1n) is 11.3. The second-order valence-corrected chi connectivity index (χ2v) is 8.80. The molecule has 0 spiro atoms. The number of imide groups is 1. The number of carbonyl (C=O) groups excluding carboxylic acids is 2. The molecule has 2 heterocycles. The summed E-state index contributed by atoms with van der Waals surface area (Å²) < 4.78 is 5.49. The first kappa shape index (κ1) is 23.8. The normalized spacial score (nSPS) is 24.5. The van der Waals surface area contributed by atoms with Crippen LogP contribution in [0.4, 0.5) is 5.69 Å². The highest BCUT2D eigenvalue weighted by Gasteiger charge is 2.44. The minimum atomic E-state index is -0.331. The maximum atomic E-state index is 12.7. The van der Waals surface area contributed by atoms with Crippen molar-refractivity contribution < 1.29 is 14.3 Å². The maximum Gasteiger partial charge on any atom is 0.247 e. The Labute approximate surface area is 191 Å². The number of nitrogens with one attached hydrogen (secondary N) is 1. The van der Waals surface area contributed by atoms with Gasteiger partial charge in [-0.25, -0.2) is 0 Å². The lowest BCUT2D eigenvalue weighted by Gasteiger charge is -2.36. The quantitative estimate of drug-likeness (QED) is 0.580. The number of anilines is 1. The Hall–Kier alpha value is -1.83. The van der Waals surface area contributed by atoms with Crippen LogP contribution in [-0.4, -0.2) is 80.6 Å². The Kier molecular flexibility index (Phi) is 8.19. The monoisotopic (exact) mass is 450 g/mol. The van der Waals surface area contributed by atoms with Gasteiger partial charge in [-0.2, -0.15) is 0 Å². The molecule has 0 bridgehead atoms. The van der Waals surface area contributed by atoms with Gasteiger partial charge in [-0.3, -0.25) is 19.4 Å². The van der Waals surface area contributed by atoms with E-state index in [0.29, 0.717) is 12.5 Å². The molecule has 1 aromatic carbocycles. The molecule has 31 heavy (non-hydrogen) atoms. The number of hydrogen-bond donors (Lipinski definition) is 1. The van der Waals surface area contributed by atoms with Crippen molar-refractivity contribution in [3.8, 4) is 5.75 Å². The summed E-state index contributed by atoms with van der Waals surface area (Å²) in [5, 5.41) is 3.33. The minimum absolute atomic E-state index is 0. The number of likely N-dealkylation sites (tertiary alicyclic amines) is 1. The zero-order valence-electron chi connectivity index (χ0n) is 18.6. The van der Waals surface area contributed by atoms with E-state index in [0.717, 1.165) is 57.1 Å². The average Bonchev–Trinajstić information content (AvgIpc) is 3.58. The molecule has 2 amide bonds. The van der Waals surface area contributed by atoms with E-state index in [9.17, 15) is 9.59 Å². The fourth-order valence-corrected chi connectivity index (χ4v) is 4.53. The topological polar surface area (TPSA) is 65.1 Å². The summed E-state index contributed by atoms with van der Waals surface area (Å²) >= 11 is 0. The molecule has 3 fully saturated rings. The van der Waals surface area contributed by atoms with E-state index in [4.69, 9.17) is 4.74 Å². The number of amides is 2.